The Bertz CT molecular complexity index is 646. The lowest BCUT2D eigenvalue weighted by Gasteiger charge is -2.25. The minimum atomic E-state index is -4.49. The molecule has 1 aliphatic rings. The summed E-state index contributed by atoms with van der Waals surface area (Å²) in [5, 5.41) is 5.39. The van der Waals surface area contributed by atoms with Crippen molar-refractivity contribution < 1.29 is 21.6 Å². The van der Waals surface area contributed by atoms with Crippen LogP contribution in [0.4, 0.5) is 24.8 Å². The molecule has 118 valence electrons. The molecule has 0 bridgehead atoms. The van der Waals surface area contributed by atoms with E-state index in [1.54, 1.807) is 6.92 Å². The Labute approximate surface area is 120 Å². The number of nitrogens with one attached hydrogen (secondary N) is 2. The average Bonchev–Trinajstić information content (AvgIpc) is 2.61. The molecular weight excluding hydrogens is 307 g/mol. The van der Waals surface area contributed by atoms with E-state index in [1.165, 1.54) is 7.05 Å². The largest absolute Gasteiger partial charge is 0.416 e. The van der Waals surface area contributed by atoms with Crippen LogP contribution >= 0.6 is 0 Å². The summed E-state index contributed by atoms with van der Waals surface area (Å²) in [6.45, 7) is 1.67. The van der Waals surface area contributed by atoms with Crippen LogP contribution in [0.3, 0.4) is 0 Å². The van der Waals surface area contributed by atoms with E-state index in [0.29, 0.717) is 6.42 Å². The Morgan fingerprint density at radius 3 is 2.38 bits per heavy atom. The van der Waals surface area contributed by atoms with Gasteiger partial charge in [-0.15, -0.1) is 0 Å². The zero-order valence-electron chi connectivity index (χ0n) is 11.6. The Morgan fingerprint density at radius 2 is 1.90 bits per heavy atom. The lowest BCUT2D eigenvalue weighted by molar-refractivity contribution is -0.137. The first kappa shape index (κ1) is 15.9. The molecule has 1 saturated heterocycles. The number of hydrogen-bond acceptors (Lipinski definition) is 5. The van der Waals surface area contributed by atoms with Crippen LogP contribution in [0.25, 0.3) is 0 Å². The predicted octanol–water partition coefficient (Wildman–Crippen LogP) is 2.13. The molecule has 1 aromatic rings. The summed E-state index contributed by atoms with van der Waals surface area (Å²) >= 11 is 0. The average molecular weight is 323 g/mol. The van der Waals surface area contributed by atoms with Gasteiger partial charge in [0.25, 0.3) is 0 Å². The van der Waals surface area contributed by atoms with Gasteiger partial charge in [-0.1, -0.05) is 0 Å². The highest BCUT2D eigenvalue weighted by molar-refractivity contribution is 7.91. The van der Waals surface area contributed by atoms with Gasteiger partial charge in [-0.3, -0.25) is 0 Å². The topological polar surface area (TPSA) is 71.1 Å². The van der Waals surface area contributed by atoms with E-state index in [1.807, 2.05) is 0 Å². The number of aromatic nitrogens is 1. The van der Waals surface area contributed by atoms with Gasteiger partial charge in [0.15, 0.2) is 9.84 Å². The SMILES string of the molecule is CNc1cc(C(F)(F)F)cc(NC2(C)CCS(=O)(=O)C2)n1. The third kappa shape index (κ3) is 3.78. The van der Waals surface area contributed by atoms with Crippen LogP contribution < -0.4 is 10.6 Å². The van der Waals surface area contributed by atoms with E-state index in [-0.39, 0.29) is 23.1 Å². The van der Waals surface area contributed by atoms with Gasteiger partial charge in [-0.05, 0) is 25.5 Å². The Balaban J connectivity index is 2.32. The predicted molar refractivity (Wildman–Crippen MR) is 74.1 cm³/mol. The van der Waals surface area contributed by atoms with Crippen molar-refractivity contribution in [3.8, 4) is 0 Å². The van der Waals surface area contributed by atoms with Crippen molar-refractivity contribution in [1.82, 2.24) is 4.98 Å². The molecule has 0 amide bonds. The number of nitrogens with zero attached hydrogens (tertiary/aromatic N) is 1. The lowest BCUT2D eigenvalue weighted by atomic mass is 10.0. The van der Waals surface area contributed by atoms with E-state index in [0.717, 1.165) is 12.1 Å². The zero-order valence-corrected chi connectivity index (χ0v) is 12.4. The number of alkyl halides is 3. The fourth-order valence-electron chi connectivity index (χ4n) is 2.30. The molecule has 1 unspecified atom stereocenters. The summed E-state index contributed by atoms with van der Waals surface area (Å²) in [5.74, 6) is -0.0215. The van der Waals surface area contributed by atoms with Crippen LogP contribution in [0.15, 0.2) is 12.1 Å². The maximum absolute atomic E-state index is 12.8. The molecule has 0 radical (unpaired) electrons. The zero-order chi connectivity index (χ0) is 15.9. The molecule has 0 aromatic carbocycles. The summed E-state index contributed by atoms with van der Waals surface area (Å²) in [7, 11) is -1.69. The third-order valence-electron chi connectivity index (χ3n) is 3.34. The van der Waals surface area contributed by atoms with Crippen LogP contribution in [0.1, 0.15) is 18.9 Å². The molecule has 21 heavy (non-hydrogen) atoms. The van der Waals surface area contributed by atoms with E-state index in [2.05, 4.69) is 15.6 Å². The number of halogens is 3. The molecule has 2 N–H and O–H groups in total. The molecular formula is C12H16F3N3O2S. The van der Waals surface area contributed by atoms with E-state index in [4.69, 9.17) is 0 Å². The molecule has 0 saturated carbocycles. The van der Waals surface area contributed by atoms with Crippen molar-refractivity contribution in [2.45, 2.75) is 25.1 Å². The van der Waals surface area contributed by atoms with Crippen molar-refractivity contribution in [1.29, 1.82) is 0 Å². The van der Waals surface area contributed by atoms with Crippen LogP contribution in [0.5, 0.6) is 0 Å². The van der Waals surface area contributed by atoms with Gasteiger partial charge < -0.3 is 10.6 Å². The van der Waals surface area contributed by atoms with Gasteiger partial charge >= 0.3 is 6.18 Å². The molecule has 2 rings (SSSR count). The van der Waals surface area contributed by atoms with Crippen molar-refractivity contribution in [3.63, 3.8) is 0 Å². The first-order valence-electron chi connectivity index (χ1n) is 6.29. The maximum Gasteiger partial charge on any atom is 0.416 e. The summed E-state index contributed by atoms with van der Waals surface area (Å²) < 4.78 is 61.6. The summed E-state index contributed by atoms with van der Waals surface area (Å²) in [6.07, 6.45) is -4.16. The molecule has 0 aliphatic carbocycles. The summed E-state index contributed by atoms with van der Waals surface area (Å²) in [6, 6.07) is 1.79. The Morgan fingerprint density at radius 1 is 1.29 bits per heavy atom. The second kappa shape index (κ2) is 5.04. The maximum atomic E-state index is 12.8. The highest BCUT2D eigenvalue weighted by Gasteiger charge is 2.39. The third-order valence-corrected chi connectivity index (χ3v) is 5.25. The monoisotopic (exact) mass is 323 g/mol. The highest BCUT2D eigenvalue weighted by atomic mass is 32.2. The van der Waals surface area contributed by atoms with Crippen LogP contribution in [0, 0.1) is 0 Å². The second-order valence-corrected chi connectivity index (χ2v) is 7.59. The van der Waals surface area contributed by atoms with Crippen molar-refractivity contribution in [3.05, 3.63) is 17.7 Å². The molecule has 1 aromatic heterocycles. The van der Waals surface area contributed by atoms with Gasteiger partial charge in [0.2, 0.25) is 0 Å². The number of rotatable bonds is 3. The van der Waals surface area contributed by atoms with Crippen LogP contribution in [-0.2, 0) is 16.0 Å². The van der Waals surface area contributed by atoms with Gasteiger partial charge in [0, 0.05) is 7.05 Å². The molecule has 0 spiro atoms. The van der Waals surface area contributed by atoms with E-state index < -0.39 is 27.1 Å². The number of pyridine rings is 1. The summed E-state index contributed by atoms with van der Waals surface area (Å²) in [5.41, 5.74) is -1.64. The van der Waals surface area contributed by atoms with Gasteiger partial charge in [0.1, 0.15) is 11.6 Å². The van der Waals surface area contributed by atoms with Gasteiger partial charge in [-0.2, -0.15) is 13.2 Å². The number of anilines is 2. The Hall–Kier alpha value is -1.51. The van der Waals surface area contributed by atoms with Gasteiger partial charge in [0.05, 0.1) is 22.6 Å². The minimum absolute atomic E-state index is 0.00813. The second-order valence-electron chi connectivity index (χ2n) is 5.40. The first-order valence-corrected chi connectivity index (χ1v) is 8.11. The smallest absolute Gasteiger partial charge is 0.373 e. The molecule has 1 atom stereocenters. The van der Waals surface area contributed by atoms with Gasteiger partial charge in [-0.25, -0.2) is 13.4 Å². The normalized spacial score (nSPS) is 24.8. The van der Waals surface area contributed by atoms with E-state index in [9.17, 15) is 21.6 Å². The first-order chi connectivity index (χ1) is 9.53. The molecule has 1 fully saturated rings. The minimum Gasteiger partial charge on any atom is -0.373 e. The van der Waals surface area contributed by atoms with Crippen LogP contribution in [-0.4, -0.2) is 37.5 Å². The van der Waals surface area contributed by atoms with Crippen molar-refractivity contribution in [2.24, 2.45) is 0 Å². The Kier molecular flexibility index (Phi) is 3.81. The fourth-order valence-corrected chi connectivity index (χ4v) is 4.40. The standard InChI is InChI=1S/C12H16F3N3O2S/c1-11(3-4-21(19,20)7-11)18-10-6-8(12(13,14)15)5-9(16-2)17-10/h5-6H,3-4,7H2,1-2H3,(H2,16,17,18). The number of hydrogen-bond donors (Lipinski definition) is 2. The molecule has 9 heteroatoms. The van der Waals surface area contributed by atoms with E-state index >= 15 is 0 Å². The summed E-state index contributed by atoms with van der Waals surface area (Å²) in [4.78, 5) is 4.00. The molecule has 2 heterocycles. The quantitative estimate of drug-likeness (QED) is 0.892. The lowest BCUT2D eigenvalue weighted by Crippen LogP contribution is -2.36. The molecule has 5 nitrogen and oxygen atoms in total. The fraction of sp³-hybridized carbons (Fsp3) is 0.583. The number of sulfone groups is 1. The molecule has 1 aliphatic heterocycles. The highest BCUT2D eigenvalue weighted by Crippen LogP contribution is 2.33. The van der Waals surface area contributed by atoms with Crippen molar-refractivity contribution >= 4 is 21.5 Å². The van der Waals surface area contributed by atoms with Crippen molar-refractivity contribution in [2.75, 3.05) is 29.2 Å². The van der Waals surface area contributed by atoms with Crippen LogP contribution in [0.2, 0.25) is 0 Å².